The molecule has 6 rings (SSSR count). The predicted molar refractivity (Wildman–Crippen MR) is 155 cm³/mol. The molecule has 4 aromatic heterocycles. The lowest BCUT2D eigenvalue weighted by Crippen LogP contribution is -2.47. The number of hydrogen-bond donors (Lipinski definition) is 1. The minimum atomic E-state index is -0.389. The Morgan fingerprint density at radius 1 is 1.02 bits per heavy atom. The number of benzene rings is 1. The molecule has 0 atom stereocenters. The summed E-state index contributed by atoms with van der Waals surface area (Å²) < 4.78 is 21.4. The van der Waals surface area contributed by atoms with Crippen molar-refractivity contribution >= 4 is 28.4 Å². The summed E-state index contributed by atoms with van der Waals surface area (Å²) >= 11 is 0. The summed E-state index contributed by atoms with van der Waals surface area (Å²) in [6.45, 7) is 9.28. The standard InChI is InChI=1S/C28H35N9O4/c1-28(2,18-39-4)41-20-9-7-19(8-10-20)35-14-11-34(12-15-35)13-16-36-24-22(33(3)27(36)38)25-30-23(21-6-5-17-40-21)32-37(25)26(29)31-24/h5-10,17H,11-16,18H2,1-4H3,(H2,29,31). The van der Waals surface area contributed by atoms with Crippen molar-refractivity contribution in [1.82, 2.24) is 33.6 Å². The number of ether oxygens (including phenoxy) is 2. The van der Waals surface area contributed by atoms with E-state index in [0.29, 0.717) is 48.1 Å². The van der Waals surface area contributed by atoms with Crippen molar-refractivity contribution in [3.63, 3.8) is 0 Å². The molecule has 0 amide bonds. The molecule has 13 nitrogen and oxygen atoms in total. The summed E-state index contributed by atoms with van der Waals surface area (Å²) in [5.74, 6) is 1.88. The Balaban J connectivity index is 1.13. The summed E-state index contributed by atoms with van der Waals surface area (Å²) in [5, 5.41) is 4.44. The Labute approximate surface area is 236 Å². The highest BCUT2D eigenvalue weighted by atomic mass is 16.5. The molecule has 1 aliphatic heterocycles. The monoisotopic (exact) mass is 561 g/mol. The van der Waals surface area contributed by atoms with Crippen molar-refractivity contribution in [2.45, 2.75) is 26.0 Å². The lowest BCUT2D eigenvalue weighted by molar-refractivity contribution is 0.0181. The summed E-state index contributed by atoms with van der Waals surface area (Å²) in [5.41, 5.74) is 8.39. The predicted octanol–water partition coefficient (Wildman–Crippen LogP) is 2.25. The van der Waals surface area contributed by atoms with E-state index in [1.54, 1.807) is 41.7 Å². The number of nitrogens with two attached hydrogens (primary N) is 1. The number of hydrogen-bond acceptors (Lipinski definition) is 10. The Morgan fingerprint density at radius 3 is 2.46 bits per heavy atom. The van der Waals surface area contributed by atoms with E-state index in [4.69, 9.17) is 19.6 Å². The van der Waals surface area contributed by atoms with E-state index < -0.39 is 0 Å². The molecule has 1 aliphatic rings. The number of imidazole rings is 1. The highest BCUT2D eigenvalue weighted by Crippen LogP contribution is 2.25. The summed E-state index contributed by atoms with van der Waals surface area (Å²) in [7, 11) is 3.39. The van der Waals surface area contributed by atoms with Gasteiger partial charge in [-0.25, -0.2) is 9.78 Å². The number of rotatable bonds is 9. The molecular weight excluding hydrogens is 526 g/mol. The van der Waals surface area contributed by atoms with Gasteiger partial charge in [-0.3, -0.25) is 14.0 Å². The zero-order valence-corrected chi connectivity index (χ0v) is 23.8. The minimum Gasteiger partial charge on any atom is -0.485 e. The SMILES string of the molecule is COCC(C)(C)Oc1ccc(N2CCN(CCn3c(=O)n(C)c4c3nc(N)n3nc(-c5ccco5)nc43)CC2)cc1. The normalized spacial score (nSPS) is 14.9. The third-order valence-electron chi connectivity index (χ3n) is 7.42. The van der Waals surface area contributed by atoms with Gasteiger partial charge < -0.3 is 24.5 Å². The zero-order chi connectivity index (χ0) is 28.7. The molecule has 0 spiro atoms. The third-order valence-corrected chi connectivity index (χ3v) is 7.42. The fourth-order valence-corrected chi connectivity index (χ4v) is 5.39. The molecule has 41 heavy (non-hydrogen) atoms. The van der Waals surface area contributed by atoms with Crippen LogP contribution in [-0.2, 0) is 18.3 Å². The molecule has 216 valence electrons. The van der Waals surface area contributed by atoms with E-state index >= 15 is 0 Å². The molecule has 0 radical (unpaired) electrons. The van der Waals surface area contributed by atoms with E-state index in [1.807, 2.05) is 26.0 Å². The molecule has 0 bridgehead atoms. The van der Waals surface area contributed by atoms with Crippen LogP contribution in [0, 0.1) is 0 Å². The van der Waals surface area contributed by atoms with E-state index in [2.05, 4.69) is 37.0 Å². The Kier molecular flexibility index (Phi) is 6.91. The maximum absolute atomic E-state index is 13.3. The fourth-order valence-electron chi connectivity index (χ4n) is 5.39. The van der Waals surface area contributed by atoms with Gasteiger partial charge in [-0.1, -0.05) is 0 Å². The number of methoxy groups -OCH3 is 1. The van der Waals surface area contributed by atoms with Crippen LogP contribution in [0.4, 0.5) is 11.6 Å². The smallest absolute Gasteiger partial charge is 0.330 e. The number of anilines is 2. The molecule has 2 N–H and O–H groups in total. The lowest BCUT2D eigenvalue weighted by atomic mass is 10.1. The molecule has 0 aliphatic carbocycles. The number of aryl methyl sites for hydroxylation is 1. The first-order chi connectivity index (χ1) is 19.7. The van der Waals surface area contributed by atoms with Crippen molar-refractivity contribution in [3.05, 3.63) is 53.1 Å². The molecule has 5 heterocycles. The van der Waals surface area contributed by atoms with Crippen LogP contribution in [0.1, 0.15) is 13.8 Å². The molecule has 1 saturated heterocycles. The van der Waals surface area contributed by atoms with Crippen molar-refractivity contribution < 1.29 is 13.9 Å². The van der Waals surface area contributed by atoms with Gasteiger partial charge in [0, 0.05) is 59.1 Å². The van der Waals surface area contributed by atoms with Gasteiger partial charge in [0.05, 0.1) is 12.9 Å². The van der Waals surface area contributed by atoms with E-state index in [1.165, 1.54) is 4.52 Å². The molecule has 0 unspecified atom stereocenters. The van der Waals surface area contributed by atoms with Crippen LogP contribution in [0.25, 0.3) is 28.4 Å². The number of aromatic nitrogens is 6. The van der Waals surface area contributed by atoms with Crippen molar-refractivity contribution in [2.24, 2.45) is 7.05 Å². The molecule has 13 heteroatoms. The van der Waals surface area contributed by atoms with Crippen molar-refractivity contribution in [3.8, 4) is 17.3 Å². The Morgan fingerprint density at radius 2 is 1.78 bits per heavy atom. The highest BCUT2D eigenvalue weighted by Gasteiger charge is 2.23. The van der Waals surface area contributed by atoms with Crippen LogP contribution >= 0.6 is 0 Å². The van der Waals surface area contributed by atoms with E-state index in [0.717, 1.165) is 37.6 Å². The Bertz CT molecular complexity index is 1710. The molecular formula is C28H35N9O4. The van der Waals surface area contributed by atoms with E-state index in [-0.39, 0.29) is 17.2 Å². The zero-order valence-electron chi connectivity index (χ0n) is 23.8. The number of furan rings is 1. The topological polar surface area (TPSA) is 134 Å². The van der Waals surface area contributed by atoms with Gasteiger partial charge in [0.1, 0.15) is 16.9 Å². The number of nitrogens with zero attached hydrogens (tertiary/aromatic N) is 8. The van der Waals surface area contributed by atoms with Gasteiger partial charge in [0.15, 0.2) is 17.1 Å². The number of nitrogen functional groups attached to an aromatic ring is 1. The summed E-state index contributed by atoms with van der Waals surface area (Å²) in [6.07, 6.45) is 1.56. The van der Waals surface area contributed by atoms with Crippen molar-refractivity contribution in [1.29, 1.82) is 0 Å². The van der Waals surface area contributed by atoms with Crippen LogP contribution in [0.3, 0.4) is 0 Å². The second kappa shape index (κ2) is 10.6. The van der Waals surface area contributed by atoms with Gasteiger partial charge in [-0.15, -0.1) is 5.10 Å². The summed E-state index contributed by atoms with van der Waals surface area (Å²) in [4.78, 5) is 27.1. The van der Waals surface area contributed by atoms with Gasteiger partial charge in [0.2, 0.25) is 11.8 Å². The molecule has 1 aromatic carbocycles. The number of fused-ring (bicyclic) bond motifs is 3. The second-order valence-corrected chi connectivity index (χ2v) is 10.9. The average molecular weight is 562 g/mol. The van der Waals surface area contributed by atoms with Crippen LogP contribution in [0.5, 0.6) is 5.75 Å². The van der Waals surface area contributed by atoms with E-state index in [9.17, 15) is 4.79 Å². The Hall–Kier alpha value is -4.36. The quantitative estimate of drug-likeness (QED) is 0.286. The van der Waals surface area contributed by atoms with Gasteiger partial charge in [-0.2, -0.15) is 9.50 Å². The van der Waals surface area contributed by atoms with Crippen LogP contribution in [0.15, 0.2) is 51.9 Å². The highest BCUT2D eigenvalue weighted by molar-refractivity contribution is 5.88. The molecule has 0 saturated carbocycles. The first kappa shape index (κ1) is 26.8. The van der Waals surface area contributed by atoms with Gasteiger partial charge in [-0.05, 0) is 50.2 Å². The van der Waals surface area contributed by atoms with Crippen LogP contribution in [0.2, 0.25) is 0 Å². The number of piperazine rings is 1. The first-order valence-electron chi connectivity index (χ1n) is 13.6. The molecule has 5 aromatic rings. The second-order valence-electron chi connectivity index (χ2n) is 10.9. The van der Waals surface area contributed by atoms with Crippen molar-refractivity contribution in [2.75, 3.05) is 57.1 Å². The maximum Gasteiger partial charge on any atom is 0.330 e. The maximum atomic E-state index is 13.3. The van der Waals surface area contributed by atoms with Crippen LogP contribution < -0.4 is 21.1 Å². The van der Waals surface area contributed by atoms with Gasteiger partial charge >= 0.3 is 5.69 Å². The van der Waals surface area contributed by atoms with Gasteiger partial charge in [0.25, 0.3) is 0 Å². The molecule has 1 fully saturated rings. The first-order valence-corrected chi connectivity index (χ1v) is 13.6. The average Bonchev–Trinajstić information content (AvgIpc) is 3.68. The minimum absolute atomic E-state index is 0.157. The lowest BCUT2D eigenvalue weighted by Gasteiger charge is -2.36. The largest absolute Gasteiger partial charge is 0.485 e. The fraction of sp³-hybridized carbons (Fsp3) is 0.429. The summed E-state index contributed by atoms with van der Waals surface area (Å²) in [6, 6.07) is 11.8. The van der Waals surface area contributed by atoms with Crippen LogP contribution in [-0.4, -0.2) is 85.7 Å². The third kappa shape index (κ3) is 5.13.